The molecular formula is C11H19N3O4. The van der Waals surface area contributed by atoms with Gasteiger partial charge >= 0.3 is 12.0 Å². The minimum Gasteiger partial charge on any atom is -0.480 e. The molecule has 0 radical (unpaired) electrons. The summed E-state index contributed by atoms with van der Waals surface area (Å²) in [5.41, 5.74) is 5.17. The zero-order chi connectivity index (χ0) is 13.7. The van der Waals surface area contributed by atoms with Gasteiger partial charge in [0.1, 0.15) is 6.04 Å². The van der Waals surface area contributed by atoms with Crippen molar-refractivity contribution in [2.45, 2.75) is 32.2 Å². The number of nitrogens with zero attached hydrogens (tertiary/aromatic N) is 1. The molecule has 7 heteroatoms. The number of nitrogens with two attached hydrogens (primary N) is 1. The summed E-state index contributed by atoms with van der Waals surface area (Å²) in [6, 6.07) is -1.42. The predicted molar refractivity (Wildman–Crippen MR) is 63.7 cm³/mol. The maximum atomic E-state index is 11.9. The summed E-state index contributed by atoms with van der Waals surface area (Å²) in [5, 5.41) is 11.3. The molecule has 0 spiro atoms. The number of rotatable bonds is 4. The molecule has 2 atom stereocenters. The number of carboxylic acids is 1. The van der Waals surface area contributed by atoms with Crippen molar-refractivity contribution in [1.29, 1.82) is 0 Å². The van der Waals surface area contributed by atoms with Crippen LogP contribution in [-0.2, 0) is 9.59 Å². The van der Waals surface area contributed by atoms with E-state index in [-0.39, 0.29) is 18.4 Å². The summed E-state index contributed by atoms with van der Waals surface area (Å²) in [6.45, 7) is 2.50. The average molecular weight is 257 g/mol. The molecule has 102 valence electrons. The van der Waals surface area contributed by atoms with Gasteiger partial charge < -0.3 is 21.1 Å². The van der Waals surface area contributed by atoms with Gasteiger partial charge in [0.15, 0.2) is 0 Å². The van der Waals surface area contributed by atoms with E-state index in [0.29, 0.717) is 25.8 Å². The van der Waals surface area contributed by atoms with Gasteiger partial charge in [-0.2, -0.15) is 0 Å². The lowest BCUT2D eigenvalue weighted by molar-refractivity contribution is -0.142. The van der Waals surface area contributed by atoms with Crippen LogP contribution in [0.3, 0.4) is 0 Å². The Bertz CT molecular complexity index is 345. The summed E-state index contributed by atoms with van der Waals surface area (Å²) in [6.07, 6.45) is 1.67. The highest BCUT2D eigenvalue weighted by molar-refractivity contribution is 5.85. The lowest BCUT2D eigenvalue weighted by atomic mass is 9.97. The van der Waals surface area contributed by atoms with Gasteiger partial charge in [-0.15, -0.1) is 0 Å². The third-order valence-electron chi connectivity index (χ3n) is 3.13. The Labute approximate surface area is 105 Å². The third kappa shape index (κ3) is 3.61. The number of amides is 3. The predicted octanol–water partition coefficient (Wildman–Crippen LogP) is -0.243. The molecule has 0 aromatic carbocycles. The van der Waals surface area contributed by atoms with Crippen molar-refractivity contribution >= 4 is 17.9 Å². The molecule has 4 N–H and O–H groups in total. The number of likely N-dealkylation sites (tertiary alicyclic amines) is 1. The lowest BCUT2D eigenvalue weighted by Gasteiger charge is -2.31. The quantitative estimate of drug-likeness (QED) is 0.644. The topological polar surface area (TPSA) is 113 Å². The Morgan fingerprint density at radius 1 is 1.50 bits per heavy atom. The molecule has 1 rings (SSSR count). The second kappa shape index (κ2) is 6.23. The first-order valence-corrected chi connectivity index (χ1v) is 6.03. The van der Waals surface area contributed by atoms with Gasteiger partial charge in [0.25, 0.3) is 0 Å². The number of nitrogens with one attached hydrogen (secondary N) is 1. The number of primary amides is 1. The van der Waals surface area contributed by atoms with Crippen LogP contribution < -0.4 is 11.1 Å². The van der Waals surface area contributed by atoms with Crippen LogP contribution in [0.5, 0.6) is 0 Å². The second-order valence-corrected chi connectivity index (χ2v) is 4.43. The van der Waals surface area contributed by atoms with E-state index in [1.807, 2.05) is 0 Å². The van der Waals surface area contributed by atoms with Crippen molar-refractivity contribution in [3.05, 3.63) is 0 Å². The molecule has 1 aliphatic heterocycles. The van der Waals surface area contributed by atoms with Gasteiger partial charge in [0.05, 0.1) is 5.92 Å². The smallest absolute Gasteiger partial charge is 0.326 e. The van der Waals surface area contributed by atoms with E-state index in [1.54, 1.807) is 6.92 Å². The van der Waals surface area contributed by atoms with E-state index in [0.717, 1.165) is 0 Å². The highest BCUT2D eigenvalue weighted by Crippen LogP contribution is 2.16. The van der Waals surface area contributed by atoms with E-state index in [2.05, 4.69) is 5.32 Å². The molecule has 0 saturated carbocycles. The number of hydrogen-bond donors (Lipinski definition) is 3. The second-order valence-electron chi connectivity index (χ2n) is 4.43. The molecule has 1 heterocycles. The average Bonchev–Trinajstić information content (AvgIpc) is 2.35. The van der Waals surface area contributed by atoms with Crippen LogP contribution >= 0.6 is 0 Å². The maximum absolute atomic E-state index is 11.9. The highest BCUT2D eigenvalue weighted by Gasteiger charge is 2.29. The Hall–Kier alpha value is -1.79. The Balaban J connectivity index is 2.55. The normalized spacial score (nSPS) is 21.2. The fourth-order valence-electron chi connectivity index (χ4n) is 2.02. The van der Waals surface area contributed by atoms with Gasteiger partial charge in [-0.05, 0) is 19.3 Å². The Morgan fingerprint density at radius 3 is 2.67 bits per heavy atom. The molecule has 1 aliphatic rings. The number of urea groups is 1. The van der Waals surface area contributed by atoms with Gasteiger partial charge in [-0.1, -0.05) is 6.92 Å². The van der Waals surface area contributed by atoms with Crippen LogP contribution in [0.2, 0.25) is 0 Å². The molecular weight excluding hydrogens is 238 g/mol. The fraction of sp³-hybridized carbons (Fsp3) is 0.727. The van der Waals surface area contributed by atoms with Gasteiger partial charge in [-0.3, -0.25) is 4.79 Å². The molecule has 0 bridgehead atoms. The summed E-state index contributed by atoms with van der Waals surface area (Å²) < 4.78 is 0. The van der Waals surface area contributed by atoms with E-state index < -0.39 is 18.0 Å². The number of carboxylic acid groups (broad SMARTS) is 1. The van der Waals surface area contributed by atoms with Crippen LogP contribution in [0.4, 0.5) is 4.79 Å². The Kier molecular flexibility index (Phi) is 4.94. The molecule has 3 amide bonds. The largest absolute Gasteiger partial charge is 0.480 e. The van der Waals surface area contributed by atoms with E-state index in [1.165, 1.54) is 4.90 Å². The first kappa shape index (κ1) is 14.3. The molecule has 1 fully saturated rings. The molecule has 1 unspecified atom stereocenters. The van der Waals surface area contributed by atoms with Gasteiger partial charge in [0, 0.05) is 13.1 Å². The van der Waals surface area contributed by atoms with Crippen LogP contribution in [0.15, 0.2) is 0 Å². The molecule has 7 nitrogen and oxygen atoms in total. The molecule has 0 aromatic rings. The van der Waals surface area contributed by atoms with Crippen molar-refractivity contribution in [3.63, 3.8) is 0 Å². The summed E-state index contributed by atoms with van der Waals surface area (Å²) in [5.74, 6) is -1.75. The van der Waals surface area contributed by atoms with Crippen LogP contribution in [-0.4, -0.2) is 47.0 Å². The van der Waals surface area contributed by atoms with Gasteiger partial charge in [-0.25, -0.2) is 9.59 Å². The highest BCUT2D eigenvalue weighted by atomic mass is 16.4. The minimum absolute atomic E-state index is 0.261. The summed E-state index contributed by atoms with van der Waals surface area (Å²) in [4.78, 5) is 35.2. The zero-order valence-electron chi connectivity index (χ0n) is 10.4. The molecule has 18 heavy (non-hydrogen) atoms. The van der Waals surface area contributed by atoms with Gasteiger partial charge in [0.2, 0.25) is 5.91 Å². The van der Waals surface area contributed by atoms with Crippen molar-refractivity contribution in [2.24, 2.45) is 11.7 Å². The molecule has 0 aliphatic carbocycles. The molecule has 0 aromatic heterocycles. The van der Waals surface area contributed by atoms with Crippen LogP contribution in [0, 0.1) is 5.92 Å². The number of piperidine rings is 1. The zero-order valence-corrected chi connectivity index (χ0v) is 10.4. The van der Waals surface area contributed by atoms with Crippen LogP contribution in [0.25, 0.3) is 0 Å². The van der Waals surface area contributed by atoms with Crippen LogP contribution in [0.1, 0.15) is 26.2 Å². The number of hydrogen-bond acceptors (Lipinski definition) is 3. The lowest BCUT2D eigenvalue weighted by Crippen LogP contribution is -2.50. The van der Waals surface area contributed by atoms with E-state index in [9.17, 15) is 14.4 Å². The van der Waals surface area contributed by atoms with E-state index >= 15 is 0 Å². The SMILES string of the molecule is CC[C@@H](NC(=O)C1CCCN(C(N)=O)C1)C(=O)O. The fourth-order valence-corrected chi connectivity index (χ4v) is 2.02. The summed E-state index contributed by atoms with van der Waals surface area (Å²) in [7, 11) is 0. The van der Waals surface area contributed by atoms with Crippen molar-refractivity contribution in [3.8, 4) is 0 Å². The van der Waals surface area contributed by atoms with Crippen molar-refractivity contribution in [2.75, 3.05) is 13.1 Å². The standard InChI is InChI=1S/C11H19N3O4/c1-2-8(10(16)17)13-9(15)7-4-3-5-14(6-7)11(12)18/h7-8H,2-6H2,1H3,(H2,12,18)(H,13,15)(H,16,17)/t7?,8-/m1/s1. The first-order valence-electron chi connectivity index (χ1n) is 6.03. The van der Waals surface area contributed by atoms with E-state index in [4.69, 9.17) is 10.8 Å². The van der Waals surface area contributed by atoms with Crippen molar-refractivity contribution in [1.82, 2.24) is 10.2 Å². The third-order valence-corrected chi connectivity index (χ3v) is 3.13. The maximum Gasteiger partial charge on any atom is 0.326 e. The number of carbonyl (C=O) groups is 3. The minimum atomic E-state index is -1.05. The van der Waals surface area contributed by atoms with Crippen molar-refractivity contribution < 1.29 is 19.5 Å². The number of aliphatic carboxylic acids is 1. The Morgan fingerprint density at radius 2 is 2.17 bits per heavy atom. The molecule has 1 saturated heterocycles. The number of carbonyl (C=O) groups excluding carboxylic acids is 2. The summed E-state index contributed by atoms with van der Waals surface area (Å²) >= 11 is 0. The monoisotopic (exact) mass is 257 g/mol. The first-order chi connectivity index (χ1) is 8.45.